The molecular weight excluding hydrogens is 348 g/mol. The van der Waals surface area contributed by atoms with Gasteiger partial charge in [0.25, 0.3) is 0 Å². The van der Waals surface area contributed by atoms with Crippen LogP contribution in [0.5, 0.6) is 0 Å². The summed E-state index contributed by atoms with van der Waals surface area (Å²) in [7, 11) is 0. The van der Waals surface area contributed by atoms with E-state index in [4.69, 9.17) is 22.1 Å². The highest BCUT2D eigenvalue weighted by Crippen LogP contribution is 2.28. The van der Waals surface area contributed by atoms with E-state index in [1.807, 2.05) is 49.4 Å². The van der Waals surface area contributed by atoms with E-state index < -0.39 is 0 Å². The van der Waals surface area contributed by atoms with Crippen molar-refractivity contribution in [2.75, 3.05) is 38.2 Å². The van der Waals surface area contributed by atoms with Crippen molar-refractivity contribution >= 4 is 23.2 Å². The van der Waals surface area contributed by atoms with Gasteiger partial charge in [0, 0.05) is 23.8 Å². The molecule has 26 heavy (non-hydrogen) atoms. The fourth-order valence-electron chi connectivity index (χ4n) is 3.14. The minimum atomic E-state index is 0.0745. The molecule has 1 heterocycles. The second-order valence-electron chi connectivity index (χ2n) is 6.41. The molecule has 0 saturated carbocycles. The third-order valence-corrected chi connectivity index (χ3v) is 4.82. The van der Waals surface area contributed by atoms with Crippen molar-refractivity contribution in [2.45, 2.75) is 13.0 Å². The van der Waals surface area contributed by atoms with Crippen LogP contribution in [0.1, 0.15) is 17.2 Å². The van der Waals surface area contributed by atoms with Crippen LogP contribution in [0.15, 0.2) is 53.5 Å². The molecule has 3 rings (SSSR count). The first-order chi connectivity index (χ1) is 12.6. The van der Waals surface area contributed by atoms with E-state index >= 15 is 0 Å². The first-order valence-electron chi connectivity index (χ1n) is 8.83. The number of rotatable bonds is 5. The Bertz CT molecular complexity index is 759. The molecule has 138 valence electrons. The number of anilines is 1. The molecule has 0 radical (unpaired) electrons. The maximum atomic E-state index is 6.45. The monoisotopic (exact) mass is 372 g/mol. The summed E-state index contributed by atoms with van der Waals surface area (Å²) in [6.45, 7) is 5.75. The third kappa shape index (κ3) is 4.97. The summed E-state index contributed by atoms with van der Waals surface area (Å²) >= 11 is 6.45. The summed E-state index contributed by atoms with van der Waals surface area (Å²) in [5.41, 5.74) is 9.29. The molecule has 1 unspecified atom stereocenters. The number of hydrogen-bond acceptors (Lipinski definition) is 3. The third-order valence-electron chi connectivity index (χ3n) is 4.48. The zero-order valence-corrected chi connectivity index (χ0v) is 15.7. The number of nitrogens with zero attached hydrogens (tertiary/aromatic N) is 2. The van der Waals surface area contributed by atoms with Crippen LogP contribution in [0.4, 0.5) is 5.69 Å². The van der Waals surface area contributed by atoms with E-state index in [0.29, 0.717) is 12.5 Å². The molecule has 1 saturated heterocycles. The van der Waals surface area contributed by atoms with E-state index in [2.05, 4.69) is 21.3 Å². The molecule has 1 fully saturated rings. The van der Waals surface area contributed by atoms with Gasteiger partial charge in [-0.05, 0) is 36.2 Å². The van der Waals surface area contributed by atoms with Gasteiger partial charge in [0.05, 0.1) is 25.8 Å². The quantitative estimate of drug-likeness (QED) is 0.623. The number of nitrogens with one attached hydrogen (secondary N) is 1. The summed E-state index contributed by atoms with van der Waals surface area (Å²) in [6.07, 6.45) is 0. The first-order valence-corrected chi connectivity index (χ1v) is 9.21. The molecule has 6 heteroatoms. The summed E-state index contributed by atoms with van der Waals surface area (Å²) in [5.74, 6) is 0.404. The summed E-state index contributed by atoms with van der Waals surface area (Å²) in [4.78, 5) is 6.94. The Morgan fingerprint density at radius 3 is 2.73 bits per heavy atom. The van der Waals surface area contributed by atoms with Gasteiger partial charge >= 0.3 is 0 Å². The van der Waals surface area contributed by atoms with Crippen LogP contribution in [0.2, 0.25) is 5.02 Å². The van der Waals surface area contributed by atoms with Crippen LogP contribution < -0.4 is 11.1 Å². The molecule has 3 N–H and O–H groups in total. The fourth-order valence-corrected chi connectivity index (χ4v) is 3.40. The number of halogens is 1. The van der Waals surface area contributed by atoms with Gasteiger partial charge in [-0.25, -0.2) is 0 Å². The molecule has 2 aromatic rings. The van der Waals surface area contributed by atoms with Crippen LogP contribution in [-0.4, -0.2) is 43.7 Å². The predicted octanol–water partition coefficient (Wildman–Crippen LogP) is 3.45. The molecule has 5 nitrogen and oxygen atoms in total. The highest BCUT2D eigenvalue weighted by Gasteiger charge is 2.24. The van der Waals surface area contributed by atoms with E-state index in [1.54, 1.807) is 0 Å². The lowest BCUT2D eigenvalue weighted by molar-refractivity contribution is 0.0180. The number of aliphatic imine (C=N–C) groups is 1. The summed E-state index contributed by atoms with van der Waals surface area (Å²) in [6, 6.07) is 16.1. The topological polar surface area (TPSA) is 62.9 Å². The summed E-state index contributed by atoms with van der Waals surface area (Å²) < 4.78 is 5.48. The normalized spacial score (nSPS) is 17.1. The Morgan fingerprint density at radius 1 is 1.23 bits per heavy atom. The fraction of sp³-hybridized carbons (Fsp3) is 0.350. The van der Waals surface area contributed by atoms with Crippen molar-refractivity contribution in [1.82, 2.24) is 4.90 Å². The van der Waals surface area contributed by atoms with E-state index in [1.165, 1.54) is 5.56 Å². The Labute approximate surface area is 159 Å². The molecular formula is C20H25ClN4O. The average molecular weight is 373 g/mol. The maximum Gasteiger partial charge on any atom is 0.193 e. The average Bonchev–Trinajstić information content (AvgIpc) is 2.64. The Balaban J connectivity index is 1.75. The minimum Gasteiger partial charge on any atom is -0.379 e. The van der Waals surface area contributed by atoms with Gasteiger partial charge in [-0.3, -0.25) is 9.89 Å². The van der Waals surface area contributed by atoms with Gasteiger partial charge in [-0.2, -0.15) is 0 Å². The van der Waals surface area contributed by atoms with Gasteiger partial charge in [-0.15, -0.1) is 0 Å². The molecule has 1 atom stereocenters. The maximum absolute atomic E-state index is 6.45. The number of nitrogens with two attached hydrogens (primary N) is 1. The van der Waals surface area contributed by atoms with Gasteiger partial charge in [-0.1, -0.05) is 41.9 Å². The second kappa shape index (κ2) is 9.03. The van der Waals surface area contributed by atoms with Crippen molar-refractivity contribution in [3.63, 3.8) is 0 Å². The van der Waals surface area contributed by atoms with Crippen molar-refractivity contribution < 1.29 is 4.74 Å². The van der Waals surface area contributed by atoms with Gasteiger partial charge in [0.1, 0.15) is 0 Å². The SMILES string of the molecule is Cc1cccc(NC(N)=NCC(c2ccccc2Cl)N2CCOCC2)c1. The van der Waals surface area contributed by atoms with Crippen molar-refractivity contribution in [3.8, 4) is 0 Å². The van der Waals surface area contributed by atoms with Crippen LogP contribution in [0.3, 0.4) is 0 Å². The smallest absolute Gasteiger partial charge is 0.193 e. The second-order valence-corrected chi connectivity index (χ2v) is 6.81. The number of guanidine groups is 1. The summed E-state index contributed by atoms with van der Waals surface area (Å²) in [5, 5.41) is 3.91. The lowest BCUT2D eigenvalue weighted by Crippen LogP contribution is -2.40. The van der Waals surface area contributed by atoms with E-state index in [9.17, 15) is 0 Å². The highest BCUT2D eigenvalue weighted by molar-refractivity contribution is 6.31. The Hall–Kier alpha value is -2.08. The van der Waals surface area contributed by atoms with E-state index in [-0.39, 0.29) is 6.04 Å². The highest BCUT2D eigenvalue weighted by atomic mass is 35.5. The molecule has 0 spiro atoms. The Kier molecular flexibility index (Phi) is 6.50. The minimum absolute atomic E-state index is 0.0745. The molecule has 0 bridgehead atoms. The van der Waals surface area contributed by atoms with Gasteiger partial charge in [0.15, 0.2) is 5.96 Å². The van der Waals surface area contributed by atoms with Crippen molar-refractivity contribution in [3.05, 3.63) is 64.7 Å². The number of ether oxygens (including phenoxy) is 1. The van der Waals surface area contributed by atoms with E-state index in [0.717, 1.165) is 42.6 Å². The van der Waals surface area contributed by atoms with Crippen LogP contribution in [0, 0.1) is 6.92 Å². The van der Waals surface area contributed by atoms with Gasteiger partial charge in [0.2, 0.25) is 0 Å². The standard InChI is InChI=1S/C20H25ClN4O/c1-15-5-4-6-16(13-15)24-20(22)23-14-19(25-9-11-26-12-10-25)17-7-2-3-8-18(17)21/h2-8,13,19H,9-12,14H2,1H3,(H3,22,23,24). The van der Waals surface area contributed by atoms with Crippen LogP contribution >= 0.6 is 11.6 Å². The van der Waals surface area contributed by atoms with Crippen molar-refractivity contribution in [1.29, 1.82) is 0 Å². The number of hydrogen-bond donors (Lipinski definition) is 2. The van der Waals surface area contributed by atoms with Crippen molar-refractivity contribution in [2.24, 2.45) is 10.7 Å². The number of morpholine rings is 1. The first kappa shape index (κ1) is 18.7. The van der Waals surface area contributed by atoms with Crippen LogP contribution in [0.25, 0.3) is 0 Å². The number of aryl methyl sites for hydroxylation is 1. The molecule has 0 amide bonds. The molecule has 0 aliphatic carbocycles. The molecule has 1 aliphatic heterocycles. The lowest BCUT2D eigenvalue weighted by Gasteiger charge is -2.34. The molecule has 2 aromatic carbocycles. The molecule has 1 aliphatic rings. The lowest BCUT2D eigenvalue weighted by atomic mass is 10.0. The Morgan fingerprint density at radius 2 is 2.00 bits per heavy atom. The largest absolute Gasteiger partial charge is 0.379 e. The zero-order valence-electron chi connectivity index (χ0n) is 15.0. The van der Waals surface area contributed by atoms with Crippen LogP contribution in [-0.2, 0) is 4.74 Å². The predicted molar refractivity (Wildman–Crippen MR) is 108 cm³/mol. The molecule has 0 aromatic heterocycles. The zero-order chi connectivity index (χ0) is 18.4. The number of benzene rings is 2. The van der Waals surface area contributed by atoms with Gasteiger partial charge < -0.3 is 15.8 Å².